The SMILES string of the molecule is CCC(CC(C)(C)C)c1ccc(CCCCCCCCCc2cccc3c2Oc2ccccc2N3)cc1. The highest BCUT2D eigenvalue weighted by Crippen LogP contribution is 2.43. The minimum atomic E-state index is 0.388. The van der Waals surface area contributed by atoms with E-state index in [4.69, 9.17) is 4.74 Å². The van der Waals surface area contributed by atoms with Crippen molar-refractivity contribution in [3.63, 3.8) is 0 Å². The smallest absolute Gasteiger partial charge is 0.154 e. The number of benzene rings is 3. The number of unbranched alkanes of at least 4 members (excludes halogenated alkanes) is 6. The molecule has 2 heteroatoms. The molecule has 0 radical (unpaired) electrons. The van der Waals surface area contributed by atoms with Crippen LogP contribution < -0.4 is 10.1 Å². The number of hydrogen-bond acceptors (Lipinski definition) is 2. The summed E-state index contributed by atoms with van der Waals surface area (Å²) in [5.41, 5.74) is 6.85. The van der Waals surface area contributed by atoms with Gasteiger partial charge in [-0.1, -0.05) is 108 Å². The van der Waals surface area contributed by atoms with Gasteiger partial charge in [0.15, 0.2) is 11.5 Å². The van der Waals surface area contributed by atoms with E-state index < -0.39 is 0 Å². The van der Waals surface area contributed by atoms with Gasteiger partial charge in [0.2, 0.25) is 0 Å². The van der Waals surface area contributed by atoms with Gasteiger partial charge in [0.1, 0.15) is 0 Å². The number of rotatable bonds is 13. The molecule has 0 bridgehead atoms. The predicted molar refractivity (Wildman–Crippen MR) is 160 cm³/mol. The molecule has 1 aliphatic heterocycles. The Bertz CT molecular complexity index is 1110. The molecule has 1 heterocycles. The summed E-state index contributed by atoms with van der Waals surface area (Å²) in [6.45, 7) is 9.38. The van der Waals surface area contributed by atoms with Crippen molar-refractivity contribution in [3.8, 4) is 11.5 Å². The van der Waals surface area contributed by atoms with E-state index in [0.717, 1.165) is 29.3 Å². The third-order valence-corrected chi connectivity index (χ3v) is 7.68. The van der Waals surface area contributed by atoms with Crippen LogP contribution in [0.4, 0.5) is 11.4 Å². The van der Waals surface area contributed by atoms with Crippen LogP contribution in [0.1, 0.15) is 108 Å². The lowest BCUT2D eigenvalue weighted by Crippen LogP contribution is -2.11. The fraction of sp³-hybridized carbons (Fsp3) is 0.486. The zero-order valence-electron chi connectivity index (χ0n) is 23.6. The summed E-state index contributed by atoms with van der Waals surface area (Å²) in [6, 6.07) is 24.2. The lowest BCUT2D eigenvalue weighted by atomic mass is 9.80. The highest BCUT2D eigenvalue weighted by Gasteiger charge is 2.19. The molecule has 1 unspecified atom stereocenters. The quantitative estimate of drug-likeness (QED) is 0.185. The van der Waals surface area contributed by atoms with Crippen LogP contribution in [0, 0.1) is 5.41 Å². The minimum Gasteiger partial charge on any atom is -0.453 e. The van der Waals surface area contributed by atoms with Crippen molar-refractivity contribution in [1.29, 1.82) is 0 Å². The Kier molecular flexibility index (Phi) is 9.72. The van der Waals surface area contributed by atoms with Crippen molar-refractivity contribution < 1.29 is 4.74 Å². The van der Waals surface area contributed by atoms with E-state index in [1.165, 1.54) is 80.9 Å². The van der Waals surface area contributed by atoms with Crippen LogP contribution in [0.25, 0.3) is 0 Å². The zero-order chi connectivity index (χ0) is 26.1. The Labute approximate surface area is 225 Å². The van der Waals surface area contributed by atoms with E-state index in [9.17, 15) is 0 Å². The molecule has 0 fully saturated rings. The van der Waals surface area contributed by atoms with E-state index in [0.29, 0.717) is 11.3 Å². The summed E-state index contributed by atoms with van der Waals surface area (Å²) in [6.07, 6.45) is 14.0. The third kappa shape index (κ3) is 8.12. The maximum absolute atomic E-state index is 6.25. The van der Waals surface area contributed by atoms with Gasteiger partial charge in [0.25, 0.3) is 0 Å². The van der Waals surface area contributed by atoms with E-state index in [1.54, 1.807) is 0 Å². The highest BCUT2D eigenvalue weighted by atomic mass is 16.5. The van der Waals surface area contributed by atoms with Crippen molar-refractivity contribution in [2.45, 2.75) is 104 Å². The Morgan fingerprint density at radius 2 is 1.35 bits per heavy atom. The average Bonchev–Trinajstić information content (AvgIpc) is 2.89. The van der Waals surface area contributed by atoms with Crippen LogP contribution >= 0.6 is 0 Å². The van der Waals surface area contributed by atoms with Gasteiger partial charge in [-0.05, 0) is 84.7 Å². The number of anilines is 2. The lowest BCUT2D eigenvalue weighted by molar-refractivity contribution is 0.335. The second-order valence-corrected chi connectivity index (χ2v) is 12.1. The van der Waals surface area contributed by atoms with Crippen LogP contribution in [0.2, 0.25) is 0 Å². The first kappa shape index (κ1) is 27.3. The summed E-state index contributed by atoms with van der Waals surface area (Å²) >= 11 is 0. The van der Waals surface area contributed by atoms with Crippen molar-refractivity contribution in [2.75, 3.05) is 5.32 Å². The number of hydrogen-bond donors (Lipinski definition) is 1. The maximum Gasteiger partial charge on any atom is 0.154 e. The van der Waals surface area contributed by atoms with E-state index in [-0.39, 0.29) is 0 Å². The van der Waals surface area contributed by atoms with Gasteiger partial charge < -0.3 is 10.1 Å². The van der Waals surface area contributed by atoms with Crippen LogP contribution in [0.15, 0.2) is 66.7 Å². The molecule has 0 saturated carbocycles. The summed E-state index contributed by atoms with van der Waals surface area (Å²) < 4.78 is 6.25. The molecule has 0 spiro atoms. The Hall–Kier alpha value is -2.74. The van der Waals surface area contributed by atoms with Crippen LogP contribution in [-0.4, -0.2) is 0 Å². The van der Waals surface area contributed by atoms with Gasteiger partial charge in [-0.2, -0.15) is 0 Å². The molecule has 0 saturated heterocycles. The molecule has 3 aromatic rings. The lowest BCUT2D eigenvalue weighted by Gasteiger charge is -2.25. The van der Waals surface area contributed by atoms with Gasteiger partial charge in [-0.3, -0.25) is 0 Å². The largest absolute Gasteiger partial charge is 0.453 e. The molecule has 1 aliphatic rings. The summed E-state index contributed by atoms with van der Waals surface area (Å²) in [5.74, 6) is 2.61. The van der Waals surface area contributed by atoms with E-state index in [1.807, 2.05) is 18.2 Å². The number of fused-ring (bicyclic) bond motifs is 2. The topological polar surface area (TPSA) is 21.3 Å². The molecule has 37 heavy (non-hydrogen) atoms. The summed E-state index contributed by atoms with van der Waals surface area (Å²) in [5, 5.41) is 3.52. The van der Waals surface area contributed by atoms with Gasteiger partial charge in [-0.15, -0.1) is 0 Å². The molecule has 4 rings (SSSR count). The minimum absolute atomic E-state index is 0.388. The number of ether oxygens (including phenoxy) is 1. The van der Waals surface area contributed by atoms with Gasteiger partial charge in [0, 0.05) is 0 Å². The van der Waals surface area contributed by atoms with E-state index in [2.05, 4.69) is 81.5 Å². The fourth-order valence-corrected chi connectivity index (χ4v) is 5.64. The van der Waals surface area contributed by atoms with Gasteiger partial charge >= 0.3 is 0 Å². The van der Waals surface area contributed by atoms with Gasteiger partial charge in [-0.25, -0.2) is 0 Å². The molecular formula is C35H47NO. The Morgan fingerprint density at radius 1 is 0.703 bits per heavy atom. The normalized spacial score (nSPS) is 13.3. The zero-order valence-corrected chi connectivity index (χ0v) is 23.6. The summed E-state index contributed by atoms with van der Waals surface area (Å²) in [7, 11) is 0. The number of para-hydroxylation sites is 3. The predicted octanol–water partition coefficient (Wildman–Crippen LogP) is 11.0. The maximum atomic E-state index is 6.25. The first-order valence-corrected chi connectivity index (χ1v) is 14.7. The fourth-order valence-electron chi connectivity index (χ4n) is 5.64. The van der Waals surface area contributed by atoms with Crippen molar-refractivity contribution >= 4 is 11.4 Å². The van der Waals surface area contributed by atoms with Crippen molar-refractivity contribution in [3.05, 3.63) is 83.4 Å². The number of aryl methyl sites for hydroxylation is 2. The first-order valence-electron chi connectivity index (χ1n) is 14.7. The molecule has 1 N–H and O–H groups in total. The molecule has 3 aromatic carbocycles. The molecule has 0 amide bonds. The first-order chi connectivity index (χ1) is 17.9. The molecule has 198 valence electrons. The van der Waals surface area contributed by atoms with Crippen LogP contribution in [0.3, 0.4) is 0 Å². The Balaban J connectivity index is 1.10. The molecule has 1 atom stereocenters. The molecule has 0 aromatic heterocycles. The molecule has 2 nitrogen and oxygen atoms in total. The van der Waals surface area contributed by atoms with Crippen molar-refractivity contribution in [1.82, 2.24) is 0 Å². The molecule has 0 aliphatic carbocycles. The monoisotopic (exact) mass is 497 g/mol. The standard InChI is InChI=1S/C35H47NO/c1-5-28(26-35(2,3)4)29-24-22-27(23-25-29)16-11-9-7-6-8-10-12-17-30-18-15-20-32-34(30)37-33-21-14-13-19-31(33)36-32/h13-15,18-25,28,36H,5-12,16-17,26H2,1-4H3. The van der Waals surface area contributed by atoms with Gasteiger partial charge in [0.05, 0.1) is 11.4 Å². The average molecular weight is 498 g/mol. The second-order valence-electron chi connectivity index (χ2n) is 12.1. The van der Waals surface area contributed by atoms with E-state index >= 15 is 0 Å². The highest BCUT2D eigenvalue weighted by molar-refractivity contribution is 5.76. The Morgan fingerprint density at radius 3 is 2.05 bits per heavy atom. The number of nitrogens with one attached hydrogen (secondary N) is 1. The summed E-state index contributed by atoms with van der Waals surface area (Å²) in [4.78, 5) is 0. The van der Waals surface area contributed by atoms with Crippen LogP contribution in [0.5, 0.6) is 11.5 Å². The second kappa shape index (κ2) is 13.2. The third-order valence-electron chi connectivity index (χ3n) is 7.68. The molecular weight excluding hydrogens is 450 g/mol. The van der Waals surface area contributed by atoms with Crippen LogP contribution in [-0.2, 0) is 12.8 Å². The van der Waals surface area contributed by atoms with Crippen molar-refractivity contribution in [2.24, 2.45) is 5.41 Å².